The minimum Gasteiger partial charge on any atom is -0.302 e. The van der Waals surface area contributed by atoms with Gasteiger partial charge in [0.25, 0.3) is 0 Å². The molecule has 0 saturated carbocycles. The van der Waals surface area contributed by atoms with Gasteiger partial charge in [0.15, 0.2) is 5.13 Å². The minimum atomic E-state index is 0. The van der Waals surface area contributed by atoms with Gasteiger partial charge in [0.2, 0.25) is 5.91 Å². The molecule has 8 heteroatoms. The maximum atomic E-state index is 13.4. The lowest BCUT2D eigenvalue weighted by molar-refractivity contribution is -0.118. The van der Waals surface area contributed by atoms with Crippen molar-refractivity contribution in [2.24, 2.45) is 0 Å². The summed E-state index contributed by atoms with van der Waals surface area (Å²) in [5.41, 5.74) is 2.00. The summed E-state index contributed by atoms with van der Waals surface area (Å²) in [6.45, 7) is 9.92. The molecule has 4 nitrogen and oxygen atoms in total. The molecule has 1 heterocycles. The van der Waals surface area contributed by atoms with Crippen LogP contribution in [0.15, 0.2) is 52.3 Å². The van der Waals surface area contributed by atoms with Crippen LogP contribution in [-0.2, 0) is 11.2 Å². The van der Waals surface area contributed by atoms with Gasteiger partial charge in [-0.15, -0.1) is 35.9 Å². The molecule has 32 heavy (non-hydrogen) atoms. The van der Waals surface area contributed by atoms with Crippen molar-refractivity contribution in [1.82, 2.24) is 9.88 Å². The summed E-state index contributed by atoms with van der Waals surface area (Å²) in [6.07, 6.45) is 2.47. The molecule has 1 amide bonds. The number of nitrogens with zero attached hydrogens (tertiary/aromatic N) is 3. The third kappa shape index (κ3) is 7.12. The van der Waals surface area contributed by atoms with E-state index < -0.39 is 0 Å². The highest BCUT2D eigenvalue weighted by atomic mass is 35.5. The normalized spacial score (nSPS) is 11.0. The molecule has 1 aromatic heterocycles. The Hall–Kier alpha value is -1.25. The number of halogens is 1. The van der Waals surface area contributed by atoms with E-state index in [1.807, 2.05) is 16.7 Å². The SMILES string of the molecule is CCSc1ccc(CC(=O)N(CCN(CC)CC)c2nc3ccc(SC)cc3s2)cc1.Cl. The highest BCUT2D eigenvalue weighted by Gasteiger charge is 2.21. The Kier molecular flexibility index (Phi) is 11.4. The molecule has 3 aromatic rings. The first-order chi connectivity index (χ1) is 15.1. The summed E-state index contributed by atoms with van der Waals surface area (Å²) < 4.78 is 1.13. The Morgan fingerprint density at radius 1 is 1.00 bits per heavy atom. The van der Waals surface area contributed by atoms with Crippen molar-refractivity contribution in [1.29, 1.82) is 0 Å². The molecule has 3 rings (SSSR count). The zero-order valence-corrected chi connectivity index (χ0v) is 22.4. The molecular weight excluding hydrogens is 478 g/mol. The van der Waals surface area contributed by atoms with Crippen molar-refractivity contribution >= 4 is 68.5 Å². The van der Waals surface area contributed by atoms with Crippen molar-refractivity contribution in [3.05, 3.63) is 48.0 Å². The van der Waals surface area contributed by atoms with Crippen LogP contribution in [0.2, 0.25) is 0 Å². The second-order valence-corrected chi connectivity index (χ2v) is 10.4. The van der Waals surface area contributed by atoms with Gasteiger partial charge < -0.3 is 4.90 Å². The number of carbonyl (C=O) groups excluding carboxylic acids is 1. The molecule has 0 aliphatic carbocycles. The number of thioether (sulfide) groups is 2. The summed E-state index contributed by atoms with van der Waals surface area (Å²) in [7, 11) is 0. The fourth-order valence-corrected chi connectivity index (χ4v) is 5.61. The number of anilines is 1. The lowest BCUT2D eigenvalue weighted by Gasteiger charge is -2.24. The number of carbonyl (C=O) groups is 1. The summed E-state index contributed by atoms with van der Waals surface area (Å²) >= 11 is 5.15. The number of amides is 1. The Bertz CT molecular complexity index is 990. The number of fused-ring (bicyclic) bond motifs is 1. The third-order valence-corrected chi connectivity index (χ3v) is 7.90. The average molecular weight is 510 g/mol. The van der Waals surface area contributed by atoms with Crippen molar-refractivity contribution < 1.29 is 4.79 Å². The van der Waals surface area contributed by atoms with Gasteiger partial charge in [0.05, 0.1) is 16.6 Å². The largest absolute Gasteiger partial charge is 0.302 e. The zero-order valence-electron chi connectivity index (χ0n) is 19.2. The molecule has 174 valence electrons. The third-order valence-electron chi connectivity index (χ3n) is 5.24. The number of hydrogen-bond donors (Lipinski definition) is 0. The smallest absolute Gasteiger partial charge is 0.233 e. The van der Waals surface area contributed by atoms with Gasteiger partial charge >= 0.3 is 0 Å². The average Bonchev–Trinajstić information content (AvgIpc) is 3.21. The lowest BCUT2D eigenvalue weighted by Crippen LogP contribution is -2.39. The molecule has 0 spiro atoms. The van der Waals surface area contributed by atoms with Gasteiger partial charge in [-0.05, 0) is 61.0 Å². The summed E-state index contributed by atoms with van der Waals surface area (Å²) in [5.74, 6) is 1.15. The van der Waals surface area contributed by atoms with E-state index in [2.05, 4.69) is 74.4 Å². The molecule has 0 aliphatic heterocycles. The van der Waals surface area contributed by atoms with Crippen LogP contribution in [0.1, 0.15) is 26.3 Å². The Balaban J connectivity index is 0.00000363. The van der Waals surface area contributed by atoms with Gasteiger partial charge in [-0.25, -0.2) is 4.98 Å². The van der Waals surface area contributed by atoms with E-state index in [9.17, 15) is 4.79 Å². The summed E-state index contributed by atoms with van der Waals surface area (Å²) in [4.78, 5) is 24.9. The van der Waals surface area contributed by atoms with Gasteiger partial charge in [-0.2, -0.15) is 0 Å². The van der Waals surface area contributed by atoms with Crippen molar-refractivity contribution in [2.75, 3.05) is 43.1 Å². The Labute approximate surface area is 210 Å². The van der Waals surface area contributed by atoms with Crippen LogP contribution in [0.25, 0.3) is 10.2 Å². The van der Waals surface area contributed by atoms with E-state index in [0.717, 1.165) is 46.3 Å². The fraction of sp³-hybridized carbons (Fsp3) is 0.417. The molecule has 0 unspecified atom stereocenters. The first-order valence-corrected chi connectivity index (χ1v) is 13.8. The molecule has 0 saturated heterocycles. The number of aromatic nitrogens is 1. The van der Waals surface area contributed by atoms with Gasteiger partial charge in [0.1, 0.15) is 0 Å². The maximum absolute atomic E-state index is 13.4. The highest BCUT2D eigenvalue weighted by Crippen LogP contribution is 2.32. The topological polar surface area (TPSA) is 36.4 Å². The second-order valence-electron chi connectivity index (χ2n) is 7.16. The quantitative estimate of drug-likeness (QED) is 0.277. The molecule has 2 aromatic carbocycles. The van der Waals surface area contributed by atoms with Crippen molar-refractivity contribution in [2.45, 2.75) is 37.0 Å². The van der Waals surface area contributed by atoms with Crippen LogP contribution in [0.5, 0.6) is 0 Å². The van der Waals surface area contributed by atoms with Crippen LogP contribution < -0.4 is 4.90 Å². The molecule has 0 N–H and O–H groups in total. The van der Waals surface area contributed by atoms with Crippen LogP contribution in [0.4, 0.5) is 5.13 Å². The van der Waals surface area contributed by atoms with E-state index in [0.29, 0.717) is 13.0 Å². The van der Waals surface area contributed by atoms with Gasteiger partial charge in [0, 0.05) is 22.9 Å². The highest BCUT2D eigenvalue weighted by molar-refractivity contribution is 7.99. The summed E-state index contributed by atoms with van der Waals surface area (Å²) in [5, 5.41) is 0.795. The molecule has 0 fully saturated rings. The van der Waals surface area contributed by atoms with Crippen LogP contribution in [-0.4, -0.2) is 54.0 Å². The predicted octanol–water partition coefficient (Wildman–Crippen LogP) is 6.47. The standard InChI is InChI=1S/C24H31N3OS3.ClH/c1-5-26(6-2)14-15-27(23(28)16-18-8-10-19(11-9-18)30-7-3)24-25-21-13-12-20(29-4)17-22(21)31-24;/h8-13,17H,5-7,14-16H2,1-4H3;1H. The van der Waals surface area contributed by atoms with Gasteiger partial charge in [-0.1, -0.05) is 44.2 Å². The molecule has 0 aliphatic rings. The minimum absolute atomic E-state index is 0. The molecule has 0 atom stereocenters. The van der Waals surface area contributed by atoms with E-state index in [4.69, 9.17) is 4.98 Å². The second kappa shape index (κ2) is 13.5. The van der Waals surface area contributed by atoms with Crippen molar-refractivity contribution in [3.8, 4) is 0 Å². The molecule has 0 radical (unpaired) electrons. The Morgan fingerprint density at radius 2 is 1.69 bits per heavy atom. The number of likely N-dealkylation sites (N-methyl/N-ethyl adjacent to an activating group) is 1. The van der Waals surface area contributed by atoms with Crippen molar-refractivity contribution in [3.63, 3.8) is 0 Å². The maximum Gasteiger partial charge on any atom is 0.233 e. The zero-order chi connectivity index (χ0) is 22.2. The number of thiazole rings is 1. The summed E-state index contributed by atoms with van der Waals surface area (Å²) in [6, 6.07) is 14.7. The fourth-order valence-electron chi connectivity index (χ4n) is 3.38. The van der Waals surface area contributed by atoms with Crippen LogP contribution in [0, 0.1) is 0 Å². The number of rotatable bonds is 11. The van der Waals surface area contributed by atoms with E-state index in [1.165, 1.54) is 9.79 Å². The first kappa shape index (κ1) is 27.0. The number of benzene rings is 2. The first-order valence-electron chi connectivity index (χ1n) is 10.8. The molecule has 0 bridgehead atoms. The number of hydrogen-bond acceptors (Lipinski definition) is 6. The predicted molar refractivity (Wildman–Crippen MR) is 145 cm³/mol. The van der Waals surface area contributed by atoms with Crippen LogP contribution in [0.3, 0.4) is 0 Å². The Morgan fingerprint density at radius 3 is 2.31 bits per heavy atom. The molecular formula is C24H32ClN3OS3. The van der Waals surface area contributed by atoms with Crippen LogP contribution >= 0.6 is 47.3 Å². The van der Waals surface area contributed by atoms with Gasteiger partial charge in [-0.3, -0.25) is 9.69 Å². The van der Waals surface area contributed by atoms with E-state index in [1.54, 1.807) is 23.1 Å². The van der Waals surface area contributed by atoms with E-state index >= 15 is 0 Å². The lowest BCUT2D eigenvalue weighted by atomic mass is 10.1. The van der Waals surface area contributed by atoms with E-state index in [-0.39, 0.29) is 18.3 Å². The monoisotopic (exact) mass is 509 g/mol.